The van der Waals surface area contributed by atoms with Crippen LogP contribution in [0.25, 0.3) is 5.65 Å². The van der Waals surface area contributed by atoms with Crippen LogP contribution in [0, 0.1) is 0 Å². The number of fused-ring (bicyclic) bond motifs is 1. The number of hydrogen-bond donors (Lipinski definition) is 0. The molecule has 26 heavy (non-hydrogen) atoms. The predicted molar refractivity (Wildman–Crippen MR) is 77.7 cm³/mol. The van der Waals surface area contributed by atoms with E-state index in [9.17, 15) is 26.3 Å². The molecule has 138 valence electrons. The van der Waals surface area contributed by atoms with E-state index in [1.54, 1.807) is 0 Å². The van der Waals surface area contributed by atoms with Crippen LogP contribution in [-0.4, -0.2) is 15.7 Å². The predicted octanol–water partition coefficient (Wildman–Crippen LogP) is 4.83. The molecule has 0 fully saturated rings. The van der Waals surface area contributed by atoms with Gasteiger partial charge in [-0.2, -0.15) is 13.2 Å². The normalized spacial score (nSPS) is 12.4. The van der Waals surface area contributed by atoms with Gasteiger partial charge in [-0.25, -0.2) is 4.98 Å². The summed E-state index contributed by atoms with van der Waals surface area (Å²) in [4.78, 5) is 3.78. The van der Waals surface area contributed by atoms with Crippen molar-refractivity contribution in [1.82, 2.24) is 9.38 Å². The van der Waals surface area contributed by atoms with Crippen LogP contribution in [-0.2, 0) is 12.8 Å². The molecule has 0 aliphatic heterocycles. The zero-order valence-electron chi connectivity index (χ0n) is 12.8. The molecule has 0 atom stereocenters. The molecule has 0 radical (unpaired) electrons. The Morgan fingerprint density at radius 1 is 1.00 bits per heavy atom. The van der Waals surface area contributed by atoms with Crippen LogP contribution in [0.4, 0.5) is 26.3 Å². The van der Waals surface area contributed by atoms with Gasteiger partial charge in [-0.15, -0.1) is 13.2 Å². The van der Waals surface area contributed by atoms with E-state index in [1.165, 1.54) is 35.0 Å². The fourth-order valence-corrected chi connectivity index (χ4v) is 2.27. The number of alkyl halides is 6. The molecule has 0 unspecified atom stereocenters. The van der Waals surface area contributed by atoms with E-state index in [0.29, 0.717) is 0 Å². The maximum absolute atomic E-state index is 13.0. The minimum absolute atomic E-state index is 0.00495. The highest BCUT2D eigenvalue weighted by Gasteiger charge is 2.33. The molecule has 2 aromatic heterocycles. The van der Waals surface area contributed by atoms with Crippen molar-refractivity contribution in [3.8, 4) is 11.6 Å². The van der Waals surface area contributed by atoms with Gasteiger partial charge in [0.05, 0.1) is 5.56 Å². The Hall–Kier alpha value is -2.91. The molecular weight excluding hydrogens is 366 g/mol. The summed E-state index contributed by atoms with van der Waals surface area (Å²) in [6.45, 7) is -0.430. The van der Waals surface area contributed by atoms with E-state index in [1.807, 2.05) is 0 Å². The molecule has 10 heteroatoms. The number of imidazole rings is 1. The summed E-state index contributed by atoms with van der Waals surface area (Å²) in [6.07, 6.45) is -6.86. The first kappa shape index (κ1) is 17.9. The fraction of sp³-hybridized carbons (Fsp3) is 0.188. The Bertz CT molecular complexity index is 917. The van der Waals surface area contributed by atoms with Crippen LogP contribution in [0.1, 0.15) is 11.1 Å². The summed E-state index contributed by atoms with van der Waals surface area (Å²) < 4.78 is 86.7. The van der Waals surface area contributed by atoms with Gasteiger partial charge in [-0.05, 0) is 12.1 Å². The molecule has 0 saturated carbocycles. The Labute approximate surface area is 142 Å². The number of ether oxygens (including phenoxy) is 2. The highest BCUT2D eigenvalue weighted by atomic mass is 19.4. The molecule has 0 bridgehead atoms. The summed E-state index contributed by atoms with van der Waals surface area (Å²) in [7, 11) is 0. The Kier molecular flexibility index (Phi) is 4.43. The number of halogens is 6. The minimum atomic E-state index is -4.90. The molecule has 3 aromatic rings. The van der Waals surface area contributed by atoms with Crippen molar-refractivity contribution in [3.05, 3.63) is 59.9 Å². The lowest BCUT2D eigenvalue weighted by atomic mass is 10.2. The number of pyridine rings is 1. The largest absolute Gasteiger partial charge is 0.573 e. The third-order valence-electron chi connectivity index (χ3n) is 3.37. The van der Waals surface area contributed by atoms with Gasteiger partial charge in [-0.3, -0.25) is 4.40 Å². The van der Waals surface area contributed by atoms with E-state index in [2.05, 4.69) is 9.72 Å². The summed E-state index contributed by atoms with van der Waals surface area (Å²) in [5.74, 6) is -0.706. The van der Waals surface area contributed by atoms with E-state index in [-0.39, 0.29) is 17.1 Å². The molecule has 1 aromatic carbocycles. The second kappa shape index (κ2) is 6.43. The van der Waals surface area contributed by atoms with Gasteiger partial charge in [0.1, 0.15) is 18.0 Å². The van der Waals surface area contributed by atoms with Crippen molar-refractivity contribution < 1.29 is 35.8 Å². The van der Waals surface area contributed by atoms with E-state index < -0.39 is 30.5 Å². The first-order valence-corrected chi connectivity index (χ1v) is 7.14. The summed E-state index contributed by atoms with van der Waals surface area (Å²) in [5, 5.41) is 0. The summed E-state index contributed by atoms with van der Waals surface area (Å²) >= 11 is 0. The molecule has 4 nitrogen and oxygen atoms in total. The van der Waals surface area contributed by atoms with Crippen molar-refractivity contribution >= 4 is 5.65 Å². The lowest BCUT2D eigenvalue weighted by Crippen LogP contribution is -2.18. The number of nitrogens with zero attached hydrogens (tertiary/aromatic N) is 2. The molecular formula is C16H10F6N2O2. The van der Waals surface area contributed by atoms with Crippen LogP contribution in [0.3, 0.4) is 0 Å². The fourth-order valence-electron chi connectivity index (χ4n) is 2.27. The van der Waals surface area contributed by atoms with E-state index >= 15 is 0 Å². The van der Waals surface area contributed by atoms with Crippen LogP contribution in [0.2, 0.25) is 0 Å². The highest BCUT2D eigenvalue weighted by molar-refractivity contribution is 5.47. The molecule has 0 N–H and O–H groups in total. The molecule has 0 aliphatic carbocycles. The molecule has 0 spiro atoms. The van der Waals surface area contributed by atoms with Gasteiger partial charge in [-0.1, -0.05) is 18.2 Å². The van der Waals surface area contributed by atoms with Crippen molar-refractivity contribution in [3.63, 3.8) is 0 Å². The molecule has 0 saturated heterocycles. The topological polar surface area (TPSA) is 35.8 Å². The highest BCUT2D eigenvalue weighted by Crippen LogP contribution is 2.33. The molecule has 3 rings (SSSR count). The summed E-state index contributed by atoms with van der Waals surface area (Å²) in [6, 6.07) is 6.80. The maximum atomic E-state index is 13.0. The number of aromatic nitrogens is 2. The van der Waals surface area contributed by atoms with Crippen LogP contribution >= 0.6 is 0 Å². The van der Waals surface area contributed by atoms with Crippen LogP contribution < -0.4 is 9.47 Å². The first-order chi connectivity index (χ1) is 12.1. The molecule has 0 amide bonds. The number of rotatable bonds is 4. The van der Waals surface area contributed by atoms with Crippen LogP contribution in [0.5, 0.6) is 11.6 Å². The average Bonchev–Trinajstić information content (AvgIpc) is 3.00. The van der Waals surface area contributed by atoms with Crippen LogP contribution in [0.15, 0.2) is 48.8 Å². The smallest absolute Gasteiger partial charge is 0.474 e. The Balaban J connectivity index is 1.90. The SMILES string of the molecule is FC(F)(F)Oc1ccccc1COc1cc(C(F)(F)F)cc2nccn12. The third kappa shape index (κ3) is 4.01. The zero-order chi connectivity index (χ0) is 18.9. The number of para-hydroxylation sites is 1. The maximum Gasteiger partial charge on any atom is 0.573 e. The van der Waals surface area contributed by atoms with Crippen molar-refractivity contribution in [2.75, 3.05) is 0 Å². The zero-order valence-corrected chi connectivity index (χ0v) is 12.8. The number of benzene rings is 1. The Morgan fingerprint density at radius 3 is 2.42 bits per heavy atom. The summed E-state index contributed by atoms with van der Waals surface area (Å²) in [5.41, 5.74) is -0.962. The van der Waals surface area contributed by atoms with Gasteiger partial charge in [0.2, 0.25) is 0 Å². The molecule has 2 heterocycles. The average molecular weight is 376 g/mol. The van der Waals surface area contributed by atoms with Gasteiger partial charge in [0.25, 0.3) is 0 Å². The monoisotopic (exact) mass is 376 g/mol. The Morgan fingerprint density at radius 2 is 1.73 bits per heavy atom. The van der Waals surface area contributed by atoms with Gasteiger partial charge in [0.15, 0.2) is 5.88 Å². The van der Waals surface area contributed by atoms with Gasteiger partial charge >= 0.3 is 12.5 Å². The van der Waals surface area contributed by atoms with Crippen molar-refractivity contribution in [2.24, 2.45) is 0 Å². The molecule has 0 aliphatic rings. The second-order valence-electron chi connectivity index (χ2n) is 5.18. The standard InChI is InChI=1S/C16H10F6N2O2/c17-15(18,19)11-7-13-23-5-6-24(13)14(8-11)25-9-10-3-1-2-4-12(10)26-16(20,21)22/h1-8H,9H2. The van der Waals surface area contributed by atoms with E-state index in [0.717, 1.165) is 18.2 Å². The van der Waals surface area contributed by atoms with Gasteiger partial charge in [0, 0.05) is 24.0 Å². The lowest BCUT2D eigenvalue weighted by molar-refractivity contribution is -0.275. The third-order valence-corrected chi connectivity index (χ3v) is 3.37. The first-order valence-electron chi connectivity index (χ1n) is 7.14. The van der Waals surface area contributed by atoms with Crippen molar-refractivity contribution in [1.29, 1.82) is 0 Å². The lowest BCUT2D eigenvalue weighted by Gasteiger charge is -2.15. The number of hydrogen-bond acceptors (Lipinski definition) is 3. The van der Waals surface area contributed by atoms with Gasteiger partial charge < -0.3 is 9.47 Å². The minimum Gasteiger partial charge on any atom is -0.474 e. The van der Waals surface area contributed by atoms with E-state index in [4.69, 9.17) is 4.74 Å². The van der Waals surface area contributed by atoms with Crippen molar-refractivity contribution in [2.45, 2.75) is 19.1 Å². The quantitative estimate of drug-likeness (QED) is 0.612. The second-order valence-corrected chi connectivity index (χ2v) is 5.18.